The third-order valence-corrected chi connectivity index (χ3v) is 6.97. The zero-order valence-corrected chi connectivity index (χ0v) is 20.6. The van der Waals surface area contributed by atoms with Crippen molar-refractivity contribution in [3.05, 3.63) is 81.8 Å². The second kappa shape index (κ2) is 11.4. The van der Waals surface area contributed by atoms with E-state index in [4.69, 9.17) is 9.40 Å². The summed E-state index contributed by atoms with van der Waals surface area (Å²) in [7, 11) is 0. The highest BCUT2D eigenvalue weighted by Gasteiger charge is 2.17. The molecule has 2 aromatic carbocycles. The number of rotatable bonds is 10. The van der Waals surface area contributed by atoms with Crippen molar-refractivity contribution in [1.82, 2.24) is 10.3 Å². The molecule has 1 aliphatic carbocycles. The van der Waals surface area contributed by atoms with E-state index in [2.05, 4.69) is 34.9 Å². The number of amides is 1. The molecule has 1 aliphatic rings. The lowest BCUT2D eigenvalue weighted by Crippen LogP contribution is -2.25. The molecule has 186 valence electrons. The summed E-state index contributed by atoms with van der Waals surface area (Å²) in [5.74, 6) is -0.273. The van der Waals surface area contributed by atoms with Crippen LogP contribution in [0.5, 0.6) is 0 Å². The zero-order chi connectivity index (χ0) is 24.7. The van der Waals surface area contributed by atoms with Gasteiger partial charge in [-0.25, -0.2) is 0 Å². The average molecular weight is 484 g/mol. The van der Waals surface area contributed by atoms with E-state index in [1.807, 2.05) is 0 Å². The fourth-order valence-corrected chi connectivity index (χ4v) is 5.07. The van der Waals surface area contributed by atoms with Crippen molar-refractivity contribution < 1.29 is 9.21 Å². The smallest absolute Gasteiger partial charge is 0.287 e. The van der Waals surface area contributed by atoms with Crippen LogP contribution in [0.2, 0.25) is 0 Å². The molecule has 2 aromatic heterocycles. The first-order chi connectivity index (χ1) is 17.7. The minimum absolute atomic E-state index is 0.0654. The molecule has 4 aromatic rings. The number of anilines is 1. The van der Waals surface area contributed by atoms with Gasteiger partial charge in [0.1, 0.15) is 5.58 Å². The number of fused-ring (bicyclic) bond motifs is 3. The van der Waals surface area contributed by atoms with Crippen LogP contribution in [0.1, 0.15) is 66.8 Å². The second-order valence-corrected chi connectivity index (χ2v) is 9.56. The minimum Gasteiger partial charge on any atom is -0.451 e. The summed E-state index contributed by atoms with van der Waals surface area (Å²) in [6, 6.07) is 16.7. The Morgan fingerprint density at radius 1 is 0.861 bits per heavy atom. The van der Waals surface area contributed by atoms with Gasteiger partial charge in [0.15, 0.2) is 11.2 Å². The van der Waals surface area contributed by atoms with E-state index < -0.39 is 0 Å². The molecular weight excluding hydrogens is 450 g/mol. The van der Waals surface area contributed by atoms with Crippen LogP contribution < -0.4 is 16.1 Å². The van der Waals surface area contributed by atoms with Gasteiger partial charge in [-0.1, -0.05) is 49.6 Å². The van der Waals surface area contributed by atoms with Gasteiger partial charge in [0.25, 0.3) is 5.91 Å². The molecular formula is C30H33N3O3. The number of hydrogen-bond donors (Lipinski definition) is 2. The number of hydrogen-bond acceptors (Lipinski definition) is 5. The highest BCUT2D eigenvalue weighted by Crippen LogP contribution is 2.33. The molecule has 0 saturated carbocycles. The van der Waals surface area contributed by atoms with Crippen molar-refractivity contribution in [3.63, 3.8) is 0 Å². The summed E-state index contributed by atoms with van der Waals surface area (Å²) in [5, 5.41) is 8.32. The third kappa shape index (κ3) is 5.43. The fraction of sp³-hybridized carbons (Fsp3) is 0.367. The number of nitrogens with zero attached hydrogens (tertiary/aromatic N) is 1. The Bertz CT molecular complexity index is 1430. The van der Waals surface area contributed by atoms with Gasteiger partial charge in [-0.15, -0.1) is 0 Å². The summed E-state index contributed by atoms with van der Waals surface area (Å²) in [6.45, 7) is 1.53. The highest BCUT2D eigenvalue weighted by molar-refractivity contribution is 5.94. The Hall–Kier alpha value is -3.67. The lowest BCUT2D eigenvalue weighted by atomic mass is 9.92. The van der Waals surface area contributed by atoms with E-state index in [0.717, 1.165) is 57.0 Å². The van der Waals surface area contributed by atoms with Crippen LogP contribution >= 0.6 is 0 Å². The maximum atomic E-state index is 12.4. The molecule has 5 rings (SSSR count). The van der Waals surface area contributed by atoms with Crippen molar-refractivity contribution in [2.24, 2.45) is 0 Å². The number of pyridine rings is 1. The molecule has 2 heterocycles. The topological polar surface area (TPSA) is 84.2 Å². The molecule has 0 aliphatic heterocycles. The quantitative estimate of drug-likeness (QED) is 0.270. The molecule has 36 heavy (non-hydrogen) atoms. The van der Waals surface area contributed by atoms with Gasteiger partial charge in [-0.2, -0.15) is 0 Å². The average Bonchev–Trinajstić information content (AvgIpc) is 2.91. The summed E-state index contributed by atoms with van der Waals surface area (Å²) >= 11 is 0. The van der Waals surface area contributed by atoms with Crippen LogP contribution in [0.25, 0.3) is 21.9 Å². The van der Waals surface area contributed by atoms with E-state index >= 15 is 0 Å². The van der Waals surface area contributed by atoms with Crippen LogP contribution in [0, 0.1) is 0 Å². The van der Waals surface area contributed by atoms with E-state index in [-0.39, 0.29) is 17.1 Å². The standard InChI is InChI=1S/C30H33N3O3/c34-26-20-28(36-27-17-9-6-14-23(26)27)30(35)32-19-11-3-1-2-10-18-31-29-21-12-4-7-15-24(21)33-25-16-8-5-13-22(25)29/h4,6-7,9,12,14-15,17,20H,1-3,5,8,10-11,13,16,18-19H2,(H,31,33)(H,32,35). The number of carbonyl (C=O) groups is 1. The van der Waals surface area contributed by atoms with Crippen LogP contribution in [0.3, 0.4) is 0 Å². The van der Waals surface area contributed by atoms with Gasteiger partial charge in [-0.05, 0) is 62.3 Å². The van der Waals surface area contributed by atoms with Gasteiger partial charge < -0.3 is 15.1 Å². The molecule has 2 N–H and O–H groups in total. The molecule has 0 bridgehead atoms. The highest BCUT2D eigenvalue weighted by atomic mass is 16.3. The van der Waals surface area contributed by atoms with Gasteiger partial charge in [-0.3, -0.25) is 14.6 Å². The lowest BCUT2D eigenvalue weighted by molar-refractivity contribution is 0.0926. The van der Waals surface area contributed by atoms with Crippen molar-refractivity contribution in [3.8, 4) is 0 Å². The molecule has 0 saturated heterocycles. The van der Waals surface area contributed by atoms with Crippen molar-refractivity contribution in [1.29, 1.82) is 0 Å². The normalized spacial score (nSPS) is 13.0. The van der Waals surface area contributed by atoms with Gasteiger partial charge in [0.05, 0.1) is 10.9 Å². The Balaban J connectivity index is 1.03. The summed E-state index contributed by atoms with van der Waals surface area (Å²) < 4.78 is 5.60. The van der Waals surface area contributed by atoms with Gasteiger partial charge in [0.2, 0.25) is 0 Å². The first kappa shape index (κ1) is 24.0. The Labute approximate surface area is 211 Å². The van der Waals surface area contributed by atoms with Gasteiger partial charge in [0, 0.05) is 35.9 Å². The van der Waals surface area contributed by atoms with E-state index in [1.165, 1.54) is 41.2 Å². The number of benzene rings is 2. The monoisotopic (exact) mass is 483 g/mol. The Morgan fingerprint density at radius 3 is 2.47 bits per heavy atom. The SMILES string of the molecule is O=C(NCCCCCCCNc1c2c(nc3ccccc13)CCCC2)c1cc(=O)c2ccccc2o1. The Kier molecular flexibility index (Phi) is 7.60. The predicted molar refractivity (Wildman–Crippen MR) is 145 cm³/mol. The molecule has 0 radical (unpaired) electrons. The molecule has 0 spiro atoms. The van der Waals surface area contributed by atoms with E-state index in [1.54, 1.807) is 24.3 Å². The fourth-order valence-electron chi connectivity index (χ4n) is 5.07. The van der Waals surface area contributed by atoms with Gasteiger partial charge >= 0.3 is 0 Å². The van der Waals surface area contributed by atoms with Crippen molar-refractivity contribution >= 4 is 33.5 Å². The van der Waals surface area contributed by atoms with Crippen molar-refractivity contribution in [2.75, 3.05) is 18.4 Å². The van der Waals surface area contributed by atoms with Crippen LogP contribution in [-0.4, -0.2) is 24.0 Å². The summed E-state index contributed by atoms with van der Waals surface area (Å²) in [6.07, 6.45) is 10.0. The van der Waals surface area contributed by atoms with Crippen LogP contribution in [0.4, 0.5) is 5.69 Å². The molecule has 6 nitrogen and oxygen atoms in total. The number of unbranched alkanes of at least 4 members (excludes halogenated alkanes) is 4. The number of aromatic nitrogens is 1. The van der Waals surface area contributed by atoms with Crippen LogP contribution in [-0.2, 0) is 12.8 Å². The maximum absolute atomic E-state index is 12.4. The largest absolute Gasteiger partial charge is 0.451 e. The number of para-hydroxylation sites is 2. The number of aryl methyl sites for hydroxylation is 1. The maximum Gasteiger partial charge on any atom is 0.287 e. The lowest BCUT2D eigenvalue weighted by Gasteiger charge is -2.21. The van der Waals surface area contributed by atoms with Crippen LogP contribution in [0.15, 0.2) is 63.8 Å². The minimum atomic E-state index is -0.338. The summed E-state index contributed by atoms with van der Waals surface area (Å²) in [4.78, 5) is 29.5. The number of nitrogens with one attached hydrogen (secondary N) is 2. The second-order valence-electron chi connectivity index (χ2n) is 9.56. The first-order valence-corrected chi connectivity index (χ1v) is 13.2. The number of carbonyl (C=O) groups excluding carboxylic acids is 1. The first-order valence-electron chi connectivity index (χ1n) is 13.2. The Morgan fingerprint density at radius 2 is 1.58 bits per heavy atom. The van der Waals surface area contributed by atoms with Crippen molar-refractivity contribution in [2.45, 2.75) is 57.8 Å². The predicted octanol–water partition coefficient (Wildman–Crippen LogP) is 6.01. The molecule has 0 fully saturated rings. The molecule has 6 heteroatoms. The van der Waals surface area contributed by atoms with E-state index in [9.17, 15) is 9.59 Å². The van der Waals surface area contributed by atoms with E-state index in [0.29, 0.717) is 17.5 Å². The molecule has 0 atom stereocenters. The zero-order valence-electron chi connectivity index (χ0n) is 20.6. The molecule has 1 amide bonds. The molecule has 0 unspecified atom stereocenters. The summed E-state index contributed by atoms with van der Waals surface area (Å²) in [5.41, 5.74) is 5.30. The third-order valence-electron chi connectivity index (χ3n) is 6.97.